The molecule has 0 amide bonds. The van der Waals surface area contributed by atoms with E-state index in [9.17, 15) is 8.42 Å². The van der Waals surface area contributed by atoms with E-state index in [1.165, 1.54) is 100 Å². The molecular formula is C33H55NO2S. The number of benzene rings is 2. The van der Waals surface area contributed by atoms with E-state index in [4.69, 9.17) is 5.14 Å². The van der Waals surface area contributed by atoms with Gasteiger partial charge in [0.2, 0.25) is 10.0 Å². The van der Waals surface area contributed by atoms with Crippen LogP contribution in [0.25, 0.3) is 11.1 Å². The van der Waals surface area contributed by atoms with Gasteiger partial charge in [0, 0.05) is 0 Å². The van der Waals surface area contributed by atoms with Gasteiger partial charge in [0.05, 0.1) is 5.75 Å². The molecule has 0 aromatic heterocycles. The van der Waals surface area contributed by atoms with Crippen molar-refractivity contribution in [1.29, 1.82) is 0 Å². The van der Waals surface area contributed by atoms with Crippen molar-refractivity contribution in [2.45, 2.75) is 129 Å². The Morgan fingerprint density at radius 2 is 1.00 bits per heavy atom. The van der Waals surface area contributed by atoms with Gasteiger partial charge in [0.1, 0.15) is 0 Å². The summed E-state index contributed by atoms with van der Waals surface area (Å²) in [7, 11) is -3.24. The molecule has 0 bridgehead atoms. The highest BCUT2D eigenvalue weighted by atomic mass is 32.2. The normalized spacial score (nSPS) is 11.4. The van der Waals surface area contributed by atoms with Crippen LogP contribution in [0.15, 0.2) is 54.6 Å². The van der Waals surface area contributed by atoms with Gasteiger partial charge in [-0.25, -0.2) is 13.6 Å². The van der Waals surface area contributed by atoms with Crippen molar-refractivity contribution in [3.05, 3.63) is 60.2 Å². The summed E-state index contributed by atoms with van der Waals surface area (Å²) in [6.45, 7) is 6.74. The summed E-state index contributed by atoms with van der Waals surface area (Å²) in [6, 6.07) is 19.2. The zero-order valence-electron chi connectivity index (χ0n) is 24.1. The summed E-state index contributed by atoms with van der Waals surface area (Å²) in [4.78, 5) is 0. The molecule has 0 saturated heterocycles. The first-order valence-corrected chi connectivity index (χ1v) is 16.7. The lowest BCUT2D eigenvalue weighted by molar-refractivity contribution is 0.531. The van der Waals surface area contributed by atoms with Gasteiger partial charge in [0.25, 0.3) is 0 Å². The van der Waals surface area contributed by atoms with E-state index < -0.39 is 10.0 Å². The Bertz CT molecular complexity index is 894. The largest absolute Gasteiger partial charge is 0.229 e. The number of rotatable bonds is 19. The molecule has 0 heterocycles. The van der Waals surface area contributed by atoms with E-state index in [2.05, 4.69) is 75.4 Å². The molecule has 210 valence electrons. The Kier molecular flexibility index (Phi) is 19.2. The molecular weight excluding hydrogens is 474 g/mol. The Morgan fingerprint density at radius 3 is 1.43 bits per heavy atom. The van der Waals surface area contributed by atoms with Crippen molar-refractivity contribution in [2.75, 3.05) is 5.75 Å². The number of nitrogens with two attached hydrogens (primary N) is 1. The van der Waals surface area contributed by atoms with Gasteiger partial charge < -0.3 is 0 Å². The fourth-order valence-corrected chi connectivity index (χ4v) is 5.34. The smallest absolute Gasteiger partial charge is 0.209 e. The van der Waals surface area contributed by atoms with Crippen LogP contribution < -0.4 is 5.14 Å². The molecule has 0 atom stereocenters. The van der Waals surface area contributed by atoms with Crippen molar-refractivity contribution in [1.82, 2.24) is 0 Å². The number of hydrogen-bond acceptors (Lipinski definition) is 2. The molecule has 0 unspecified atom stereocenters. The van der Waals surface area contributed by atoms with Gasteiger partial charge in [-0.05, 0) is 29.0 Å². The van der Waals surface area contributed by atoms with Gasteiger partial charge in [-0.3, -0.25) is 0 Å². The minimum absolute atomic E-state index is 0.144. The van der Waals surface area contributed by atoms with E-state index in [1.807, 2.05) is 0 Å². The third kappa shape index (κ3) is 18.3. The Balaban J connectivity index is 0.000000394. The lowest BCUT2D eigenvalue weighted by Gasteiger charge is -2.12. The second-order valence-electron chi connectivity index (χ2n) is 10.8. The summed E-state index contributed by atoms with van der Waals surface area (Å²) >= 11 is 0. The first kappa shape index (κ1) is 33.4. The first-order valence-electron chi connectivity index (χ1n) is 15.0. The molecule has 0 spiro atoms. The van der Waals surface area contributed by atoms with Crippen molar-refractivity contribution >= 4 is 10.0 Å². The Morgan fingerprint density at radius 1 is 0.595 bits per heavy atom. The number of sulfonamides is 1. The zero-order valence-corrected chi connectivity index (χ0v) is 24.9. The first-order chi connectivity index (χ1) is 17.8. The molecule has 0 radical (unpaired) electrons. The summed E-state index contributed by atoms with van der Waals surface area (Å²) in [5.74, 6) is 0.715. The molecule has 0 saturated carbocycles. The van der Waals surface area contributed by atoms with Gasteiger partial charge in [0.15, 0.2) is 0 Å². The third-order valence-electron chi connectivity index (χ3n) is 6.95. The maximum Gasteiger partial charge on any atom is 0.209 e. The number of hydrogen-bond donors (Lipinski definition) is 1. The summed E-state index contributed by atoms with van der Waals surface area (Å²) in [6.07, 6.45) is 20.8. The van der Waals surface area contributed by atoms with Crippen molar-refractivity contribution in [3.8, 4) is 11.1 Å². The monoisotopic (exact) mass is 529 g/mol. The highest BCUT2D eigenvalue weighted by molar-refractivity contribution is 7.89. The molecule has 3 nitrogen and oxygen atoms in total. The number of primary sulfonamides is 1. The second kappa shape index (κ2) is 21.3. The fourth-order valence-electron chi connectivity index (χ4n) is 4.73. The van der Waals surface area contributed by atoms with Gasteiger partial charge in [-0.1, -0.05) is 172 Å². The third-order valence-corrected chi connectivity index (χ3v) is 7.81. The van der Waals surface area contributed by atoms with E-state index in [-0.39, 0.29) is 5.75 Å². The predicted octanol–water partition coefficient (Wildman–Crippen LogP) is 10.0. The van der Waals surface area contributed by atoms with E-state index in [0.29, 0.717) is 5.92 Å². The van der Waals surface area contributed by atoms with Crippen LogP contribution in [-0.2, 0) is 10.0 Å². The topological polar surface area (TPSA) is 60.2 Å². The molecule has 0 aliphatic carbocycles. The van der Waals surface area contributed by atoms with Crippen LogP contribution in [0.2, 0.25) is 0 Å². The van der Waals surface area contributed by atoms with Crippen LogP contribution in [0.3, 0.4) is 0 Å². The lowest BCUT2D eigenvalue weighted by Crippen LogP contribution is -2.16. The molecule has 37 heavy (non-hydrogen) atoms. The maximum atomic E-state index is 10.8. The van der Waals surface area contributed by atoms with E-state index in [0.717, 1.165) is 19.3 Å². The number of unbranched alkanes of at least 4 members (excludes halogenated alkanes) is 15. The SMILES string of the molecule is CC(C)c1ccccc1-c1ccccc1.CCCCCCCCCCCCCCCCCCS(N)(=O)=O. The van der Waals surface area contributed by atoms with Crippen LogP contribution >= 0.6 is 0 Å². The van der Waals surface area contributed by atoms with E-state index >= 15 is 0 Å². The fraction of sp³-hybridized carbons (Fsp3) is 0.636. The minimum atomic E-state index is -3.24. The van der Waals surface area contributed by atoms with Crippen molar-refractivity contribution in [2.24, 2.45) is 5.14 Å². The van der Waals surface area contributed by atoms with Crippen LogP contribution in [-0.4, -0.2) is 14.2 Å². The second-order valence-corrected chi connectivity index (χ2v) is 12.5. The summed E-state index contributed by atoms with van der Waals surface area (Å²) < 4.78 is 21.5. The molecule has 2 N–H and O–H groups in total. The van der Waals surface area contributed by atoms with Gasteiger partial charge in [-0.15, -0.1) is 0 Å². The molecule has 2 rings (SSSR count). The average molecular weight is 530 g/mol. The van der Waals surface area contributed by atoms with Crippen molar-refractivity contribution < 1.29 is 8.42 Å². The van der Waals surface area contributed by atoms with Crippen LogP contribution in [0.4, 0.5) is 0 Å². The highest BCUT2D eigenvalue weighted by Gasteiger charge is 2.06. The van der Waals surface area contributed by atoms with Gasteiger partial charge >= 0.3 is 0 Å². The summed E-state index contributed by atoms with van der Waals surface area (Å²) in [5.41, 5.74) is 4.08. The molecule has 2 aromatic rings. The maximum absolute atomic E-state index is 10.8. The molecule has 2 aromatic carbocycles. The average Bonchev–Trinajstić information content (AvgIpc) is 2.88. The van der Waals surface area contributed by atoms with Gasteiger partial charge in [-0.2, -0.15) is 0 Å². The Labute approximate surface area is 229 Å². The summed E-state index contributed by atoms with van der Waals surface area (Å²) in [5, 5.41) is 4.97. The quantitative estimate of drug-likeness (QED) is 0.184. The zero-order chi connectivity index (χ0) is 27.2. The Hall–Kier alpha value is -1.65. The lowest BCUT2D eigenvalue weighted by atomic mass is 9.93. The standard InChI is InChI=1S/C18H39NO2S.C15H16/c1-2-3-4-5-6-7-8-9-10-11-12-13-14-15-16-17-18-22(19,20)21;1-12(2)14-10-6-7-11-15(14)13-8-4-3-5-9-13/h2-18H2,1H3,(H2,19,20,21);3-12H,1-2H3. The molecule has 4 heteroatoms. The van der Waals surface area contributed by atoms with E-state index in [1.54, 1.807) is 0 Å². The molecule has 0 aliphatic rings. The van der Waals surface area contributed by atoms with Crippen LogP contribution in [0, 0.1) is 0 Å². The predicted molar refractivity (Wildman–Crippen MR) is 163 cm³/mol. The van der Waals surface area contributed by atoms with Crippen LogP contribution in [0.5, 0.6) is 0 Å². The van der Waals surface area contributed by atoms with Crippen molar-refractivity contribution in [3.63, 3.8) is 0 Å². The molecule has 0 aliphatic heterocycles. The van der Waals surface area contributed by atoms with Crippen LogP contribution in [0.1, 0.15) is 135 Å². The highest BCUT2D eigenvalue weighted by Crippen LogP contribution is 2.28. The minimum Gasteiger partial charge on any atom is -0.229 e. The molecule has 0 fully saturated rings.